The summed E-state index contributed by atoms with van der Waals surface area (Å²) in [6.07, 6.45) is 1.95. The number of nitrogens with zero attached hydrogens (tertiary/aromatic N) is 4. The van der Waals surface area contributed by atoms with Gasteiger partial charge >= 0.3 is 0 Å². The Balaban J connectivity index is 2.00. The number of guanidine groups is 1. The van der Waals surface area contributed by atoms with E-state index < -0.39 is 0 Å². The first-order chi connectivity index (χ1) is 11.9. The quantitative estimate of drug-likeness (QED) is 0.609. The molecule has 0 aliphatic carbocycles. The number of aromatic nitrogens is 2. The Labute approximate surface area is 153 Å². The number of hydrogen-bond donors (Lipinski definition) is 2. The maximum Gasteiger partial charge on any atom is 0.191 e. The minimum atomic E-state index is 0.443. The van der Waals surface area contributed by atoms with Crippen molar-refractivity contribution >= 4 is 5.96 Å². The molecule has 2 N–H and O–H groups in total. The first kappa shape index (κ1) is 19.8. The summed E-state index contributed by atoms with van der Waals surface area (Å²) in [4.78, 5) is 6.97. The molecule has 6 heteroatoms. The Kier molecular flexibility index (Phi) is 6.87. The fourth-order valence-corrected chi connectivity index (χ4v) is 3.75. The molecule has 1 aliphatic heterocycles. The molecular weight excluding hydrogens is 312 g/mol. The summed E-state index contributed by atoms with van der Waals surface area (Å²) < 4.78 is 2.02. The molecule has 1 aromatic heterocycles. The van der Waals surface area contributed by atoms with Crippen LogP contribution in [0, 0.1) is 5.92 Å². The van der Waals surface area contributed by atoms with Gasteiger partial charge in [0.15, 0.2) is 5.96 Å². The lowest BCUT2D eigenvalue weighted by molar-refractivity contribution is 0.265. The minimum Gasteiger partial charge on any atom is -0.352 e. The Morgan fingerprint density at radius 2 is 2.00 bits per heavy atom. The van der Waals surface area contributed by atoms with Crippen LogP contribution in [0.5, 0.6) is 0 Å². The molecule has 0 aromatic carbocycles. The molecular formula is C19H36N6. The van der Waals surface area contributed by atoms with Gasteiger partial charge in [-0.05, 0) is 32.6 Å². The summed E-state index contributed by atoms with van der Waals surface area (Å²) in [6, 6.07) is 1.04. The Bertz CT molecular complexity index is 589. The van der Waals surface area contributed by atoms with Crippen LogP contribution >= 0.6 is 0 Å². The molecule has 2 heterocycles. The monoisotopic (exact) mass is 348 g/mol. The highest BCUT2D eigenvalue weighted by atomic mass is 15.3. The van der Waals surface area contributed by atoms with E-state index >= 15 is 0 Å². The van der Waals surface area contributed by atoms with Crippen molar-refractivity contribution in [3.63, 3.8) is 0 Å². The van der Waals surface area contributed by atoms with Crippen LogP contribution in [0.4, 0.5) is 0 Å². The summed E-state index contributed by atoms with van der Waals surface area (Å²) in [6.45, 7) is 14.2. The SMILES string of the molecule is CCc1nn(C)c(CC)c1CNC(=NC)NC1CN(C(C)C)CC1C. The molecule has 6 nitrogen and oxygen atoms in total. The van der Waals surface area contributed by atoms with Gasteiger partial charge in [-0.2, -0.15) is 5.10 Å². The molecule has 0 amide bonds. The number of aliphatic imine (C=N–C) groups is 1. The predicted molar refractivity (Wildman–Crippen MR) is 105 cm³/mol. The van der Waals surface area contributed by atoms with Crippen molar-refractivity contribution in [2.45, 2.75) is 66.1 Å². The van der Waals surface area contributed by atoms with Crippen molar-refractivity contribution < 1.29 is 0 Å². The molecule has 1 aromatic rings. The summed E-state index contributed by atoms with van der Waals surface area (Å²) in [5, 5.41) is 11.8. The Morgan fingerprint density at radius 1 is 1.28 bits per heavy atom. The van der Waals surface area contributed by atoms with E-state index in [9.17, 15) is 0 Å². The molecule has 0 spiro atoms. The number of aryl methyl sites for hydroxylation is 2. The van der Waals surface area contributed by atoms with Crippen LogP contribution in [-0.4, -0.2) is 52.9 Å². The molecule has 142 valence electrons. The zero-order valence-electron chi connectivity index (χ0n) is 17.1. The summed E-state index contributed by atoms with van der Waals surface area (Å²) in [5.74, 6) is 1.51. The zero-order chi connectivity index (χ0) is 18.6. The summed E-state index contributed by atoms with van der Waals surface area (Å²) >= 11 is 0. The number of rotatable bonds is 6. The Hall–Kier alpha value is -1.56. The third-order valence-corrected chi connectivity index (χ3v) is 5.38. The van der Waals surface area contributed by atoms with Crippen molar-refractivity contribution in [2.24, 2.45) is 18.0 Å². The van der Waals surface area contributed by atoms with E-state index in [1.807, 2.05) is 18.8 Å². The number of hydrogen-bond acceptors (Lipinski definition) is 3. The molecule has 2 atom stereocenters. The van der Waals surface area contributed by atoms with Crippen LogP contribution in [0.2, 0.25) is 0 Å². The highest BCUT2D eigenvalue weighted by Gasteiger charge is 2.31. The van der Waals surface area contributed by atoms with Gasteiger partial charge in [0.1, 0.15) is 0 Å². The first-order valence-corrected chi connectivity index (χ1v) is 9.65. The predicted octanol–water partition coefficient (Wildman–Crippen LogP) is 1.94. The van der Waals surface area contributed by atoms with Crippen molar-refractivity contribution in [3.05, 3.63) is 17.0 Å². The average Bonchev–Trinajstić information content (AvgIpc) is 3.10. The maximum absolute atomic E-state index is 4.66. The third-order valence-electron chi connectivity index (χ3n) is 5.38. The smallest absolute Gasteiger partial charge is 0.191 e. The molecule has 0 bridgehead atoms. The molecule has 2 rings (SSSR count). The molecule has 1 saturated heterocycles. The number of likely N-dealkylation sites (tertiary alicyclic amines) is 1. The highest BCUT2D eigenvalue weighted by molar-refractivity contribution is 5.80. The van der Waals surface area contributed by atoms with E-state index in [-0.39, 0.29) is 0 Å². The van der Waals surface area contributed by atoms with Gasteiger partial charge in [-0.3, -0.25) is 14.6 Å². The van der Waals surface area contributed by atoms with Crippen LogP contribution in [0.3, 0.4) is 0 Å². The minimum absolute atomic E-state index is 0.443. The second-order valence-electron chi connectivity index (χ2n) is 7.40. The van der Waals surface area contributed by atoms with Crippen LogP contribution in [-0.2, 0) is 26.4 Å². The highest BCUT2D eigenvalue weighted by Crippen LogP contribution is 2.19. The fourth-order valence-electron chi connectivity index (χ4n) is 3.75. The number of nitrogens with one attached hydrogen (secondary N) is 2. The fraction of sp³-hybridized carbons (Fsp3) is 0.789. The maximum atomic E-state index is 4.66. The summed E-state index contributed by atoms with van der Waals surface area (Å²) in [5.41, 5.74) is 3.81. The third kappa shape index (κ3) is 4.54. The van der Waals surface area contributed by atoms with Gasteiger partial charge < -0.3 is 10.6 Å². The van der Waals surface area contributed by atoms with Gasteiger partial charge in [0.25, 0.3) is 0 Å². The van der Waals surface area contributed by atoms with Gasteiger partial charge in [0.2, 0.25) is 0 Å². The van der Waals surface area contributed by atoms with Gasteiger partial charge in [0, 0.05) is 57.1 Å². The molecule has 0 radical (unpaired) electrons. The summed E-state index contributed by atoms with van der Waals surface area (Å²) in [7, 11) is 3.88. The lowest BCUT2D eigenvalue weighted by atomic mass is 10.1. The van der Waals surface area contributed by atoms with Crippen molar-refractivity contribution in [1.82, 2.24) is 25.3 Å². The molecule has 1 fully saturated rings. The second kappa shape index (κ2) is 8.70. The van der Waals surface area contributed by atoms with E-state index in [2.05, 4.69) is 60.2 Å². The van der Waals surface area contributed by atoms with Crippen LogP contribution in [0.1, 0.15) is 51.6 Å². The van der Waals surface area contributed by atoms with E-state index in [1.165, 1.54) is 17.0 Å². The lowest BCUT2D eigenvalue weighted by Gasteiger charge is -2.22. The lowest BCUT2D eigenvalue weighted by Crippen LogP contribution is -2.46. The van der Waals surface area contributed by atoms with E-state index in [1.54, 1.807) is 0 Å². The Morgan fingerprint density at radius 3 is 2.52 bits per heavy atom. The van der Waals surface area contributed by atoms with Crippen molar-refractivity contribution in [1.29, 1.82) is 0 Å². The van der Waals surface area contributed by atoms with E-state index in [0.717, 1.165) is 38.4 Å². The molecule has 25 heavy (non-hydrogen) atoms. The van der Waals surface area contributed by atoms with Crippen molar-refractivity contribution in [3.8, 4) is 0 Å². The normalized spacial score (nSPS) is 22.0. The van der Waals surface area contributed by atoms with Gasteiger partial charge in [-0.25, -0.2) is 0 Å². The van der Waals surface area contributed by atoms with Crippen LogP contribution in [0.25, 0.3) is 0 Å². The molecule has 1 aliphatic rings. The van der Waals surface area contributed by atoms with Gasteiger partial charge in [0.05, 0.1) is 5.69 Å². The van der Waals surface area contributed by atoms with E-state index in [4.69, 9.17) is 0 Å². The van der Waals surface area contributed by atoms with Gasteiger partial charge in [-0.15, -0.1) is 0 Å². The molecule has 2 unspecified atom stereocenters. The average molecular weight is 349 g/mol. The second-order valence-corrected chi connectivity index (χ2v) is 7.40. The van der Waals surface area contributed by atoms with Crippen molar-refractivity contribution in [2.75, 3.05) is 20.1 Å². The van der Waals surface area contributed by atoms with E-state index in [0.29, 0.717) is 18.0 Å². The topological polar surface area (TPSA) is 57.5 Å². The standard InChI is InChI=1S/C19H36N6/c1-8-16-15(18(9-2)24(7)23-16)10-21-19(20-6)22-17-12-25(13(3)4)11-14(17)5/h13-14,17H,8-12H2,1-7H3,(H2,20,21,22). The van der Waals surface area contributed by atoms with Crippen LogP contribution < -0.4 is 10.6 Å². The first-order valence-electron chi connectivity index (χ1n) is 9.65. The van der Waals surface area contributed by atoms with Gasteiger partial charge in [-0.1, -0.05) is 20.8 Å². The zero-order valence-corrected chi connectivity index (χ0v) is 17.1. The largest absolute Gasteiger partial charge is 0.352 e. The molecule has 0 saturated carbocycles. The van der Waals surface area contributed by atoms with Crippen LogP contribution in [0.15, 0.2) is 4.99 Å².